The topological polar surface area (TPSA) is 112 Å². The molecule has 0 saturated heterocycles. The summed E-state index contributed by atoms with van der Waals surface area (Å²) in [5.41, 5.74) is 2.43. The Balaban J connectivity index is 2.16. The summed E-state index contributed by atoms with van der Waals surface area (Å²) >= 11 is 0.0662. The maximum Gasteiger partial charge on any atom is 0.342 e. The Kier molecular flexibility index (Phi) is 5.50. The molecule has 1 atom stereocenters. The van der Waals surface area contributed by atoms with Crippen LogP contribution in [0.2, 0.25) is 0 Å². The van der Waals surface area contributed by atoms with Gasteiger partial charge in [-0.3, -0.25) is 0 Å². The van der Waals surface area contributed by atoms with Crippen LogP contribution in [0.5, 0.6) is 0 Å². The fourth-order valence-electron chi connectivity index (χ4n) is 2.29. The van der Waals surface area contributed by atoms with E-state index in [1.165, 1.54) is 30.3 Å². The van der Waals surface area contributed by atoms with Crippen LogP contribution >= 0.6 is 11.8 Å². The van der Waals surface area contributed by atoms with Gasteiger partial charge >= 0.3 is 11.1 Å². The normalized spacial score (nSPS) is 12.0. The van der Waals surface area contributed by atoms with Gasteiger partial charge in [-0.25, -0.2) is 14.8 Å². The van der Waals surface area contributed by atoms with Crippen molar-refractivity contribution in [1.29, 1.82) is 0 Å². The van der Waals surface area contributed by atoms with Crippen LogP contribution < -0.4 is 0 Å². The number of carboxylic acids is 1. The van der Waals surface area contributed by atoms with E-state index in [0.29, 0.717) is 27.7 Å². The number of benzene rings is 1. The molecule has 0 saturated carbocycles. The Morgan fingerprint density at radius 1 is 1.08 bits per heavy atom. The van der Waals surface area contributed by atoms with Crippen molar-refractivity contribution in [1.82, 2.24) is 19.9 Å². The van der Waals surface area contributed by atoms with E-state index in [-0.39, 0.29) is 10.7 Å². The lowest BCUT2D eigenvalue weighted by atomic mass is 10.0. The lowest BCUT2D eigenvalue weighted by Crippen LogP contribution is -2.05. The average molecular weight is 386 g/mol. The summed E-state index contributed by atoms with van der Waals surface area (Å²) in [5.74, 6) is -1.06. The van der Waals surface area contributed by atoms with Crippen LogP contribution in [-0.4, -0.2) is 48.1 Å². The summed E-state index contributed by atoms with van der Waals surface area (Å²) in [6, 6.07) is 8.24. The second kappa shape index (κ2) is 7.81. The third-order valence-electron chi connectivity index (χ3n) is 3.48. The first-order valence-electron chi connectivity index (χ1n) is 7.40. The van der Waals surface area contributed by atoms with Crippen molar-refractivity contribution in [2.45, 2.75) is 10.3 Å². The molecule has 0 aliphatic rings. The first kappa shape index (κ1) is 18.3. The number of carbonyl (C=O) groups is 1. The fourth-order valence-corrected chi connectivity index (χ4v) is 3.08. The van der Waals surface area contributed by atoms with Gasteiger partial charge in [0.2, 0.25) is 0 Å². The molecule has 26 heavy (non-hydrogen) atoms. The molecule has 0 fully saturated rings. The quantitative estimate of drug-likeness (QED) is 0.405. The zero-order valence-corrected chi connectivity index (χ0v) is 15.5. The van der Waals surface area contributed by atoms with Crippen molar-refractivity contribution in [3.8, 4) is 22.5 Å². The maximum atomic E-state index is 11.6. The van der Waals surface area contributed by atoms with Crippen molar-refractivity contribution in [3.63, 3.8) is 0 Å². The van der Waals surface area contributed by atoms with Crippen LogP contribution in [0.25, 0.3) is 22.5 Å². The van der Waals surface area contributed by atoms with Crippen LogP contribution in [0.3, 0.4) is 0 Å². The molecule has 1 unspecified atom stereocenters. The van der Waals surface area contributed by atoms with Crippen molar-refractivity contribution in [3.05, 3.63) is 48.3 Å². The Labute approximate surface area is 157 Å². The van der Waals surface area contributed by atoms with Gasteiger partial charge in [0.15, 0.2) is 5.16 Å². The molecule has 2 aromatic heterocycles. The number of hydrogen-bond acceptors (Lipinski definition) is 7. The first-order valence-corrected chi connectivity index (χ1v) is 10.2. The molecule has 1 N–H and O–H groups in total. The highest BCUT2D eigenvalue weighted by atomic mass is 32.2. The molecule has 3 aromatic rings. The number of rotatable bonds is 5. The molecular formula is C17H14N4O3S2. The number of thioether (sulfide) groups is 1. The molecule has 0 aliphatic carbocycles. The van der Waals surface area contributed by atoms with Gasteiger partial charge in [0.25, 0.3) is 0 Å². The Bertz CT molecular complexity index is 966. The molecular weight excluding hydrogens is 372 g/mol. The van der Waals surface area contributed by atoms with Gasteiger partial charge in [-0.15, -0.1) is 0 Å². The zero-order valence-electron chi connectivity index (χ0n) is 13.9. The molecule has 7 nitrogen and oxygen atoms in total. The predicted octanol–water partition coefficient (Wildman–Crippen LogP) is 2.76. The second-order valence-electron chi connectivity index (χ2n) is 5.21. The number of hydrogen-bond donors (Lipinski definition) is 1. The van der Waals surface area contributed by atoms with E-state index in [1.54, 1.807) is 30.5 Å². The van der Waals surface area contributed by atoms with Crippen molar-refractivity contribution >= 4 is 28.9 Å². The molecule has 0 bridgehead atoms. The number of aromatic nitrogens is 4. The predicted molar refractivity (Wildman–Crippen MR) is 99.6 cm³/mol. The summed E-state index contributed by atoms with van der Waals surface area (Å²) in [5, 5.41) is 10.2. The van der Waals surface area contributed by atoms with Crippen molar-refractivity contribution < 1.29 is 14.5 Å². The third-order valence-corrected chi connectivity index (χ3v) is 4.75. The Morgan fingerprint density at radius 2 is 1.69 bits per heavy atom. The number of nitrogens with zero attached hydrogens (tertiary/aromatic N) is 4. The molecule has 3 rings (SSSR count). The average Bonchev–Trinajstić information content (AvgIpc) is 2.67. The smallest absolute Gasteiger partial charge is 0.342 e. The molecule has 0 amide bonds. The van der Waals surface area contributed by atoms with E-state index in [4.69, 9.17) is 0 Å². The van der Waals surface area contributed by atoms with Crippen molar-refractivity contribution in [2.24, 2.45) is 0 Å². The fraction of sp³-hybridized carbons (Fsp3) is 0.118. The van der Waals surface area contributed by atoms with Crippen LogP contribution in [0, 0.1) is 0 Å². The first-order chi connectivity index (χ1) is 12.5. The molecule has 9 heteroatoms. The molecule has 1 aromatic carbocycles. The Hall–Kier alpha value is -2.49. The summed E-state index contributed by atoms with van der Waals surface area (Å²) in [6.45, 7) is 0. The van der Waals surface area contributed by atoms with Gasteiger partial charge < -0.3 is 9.66 Å². The summed E-state index contributed by atoms with van der Waals surface area (Å²) in [4.78, 5) is 28.3. The summed E-state index contributed by atoms with van der Waals surface area (Å²) < 4.78 is 11.6. The second-order valence-corrected chi connectivity index (χ2v) is 7.26. The molecule has 0 aliphatic heterocycles. The lowest BCUT2D eigenvalue weighted by molar-refractivity contribution is 0.0697. The highest BCUT2D eigenvalue weighted by Gasteiger charge is 2.14. The monoisotopic (exact) mass is 386 g/mol. The standard InChI is InChI=1S/C17H14N4O3S2/c1-25-16-18-5-3-13(20-16)10-7-11(9-12(8-10)15(22)23)14-4-6-19-17(21-14)26(2)24/h3-9H,1-2H3,(H,22,23). The van der Waals surface area contributed by atoms with Crippen LogP contribution in [0.15, 0.2) is 53.0 Å². The third kappa shape index (κ3) is 4.01. The largest absolute Gasteiger partial charge is 0.609 e. The zero-order chi connectivity index (χ0) is 18.7. The maximum absolute atomic E-state index is 11.6. The van der Waals surface area contributed by atoms with Crippen molar-refractivity contribution in [2.75, 3.05) is 12.5 Å². The van der Waals surface area contributed by atoms with E-state index in [9.17, 15) is 14.5 Å². The van der Waals surface area contributed by atoms with Gasteiger partial charge in [-0.1, -0.05) is 11.8 Å². The number of aromatic carboxylic acids is 1. The van der Waals surface area contributed by atoms with Gasteiger partial charge in [0.1, 0.15) is 6.26 Å². The minimum atomic E-state index is -1.33. The Morgan fingerprint density at radius 3 is 2.27 bits per heavy atom. The van der Waals surface area contributed by atoms with E-state index in [0.717, 1.165) is 0 Å². The van der Waals surface area contributed by atoms with E-state index >= 15 is 0 Å². The van der Waals surface area contributed by atoms with Gasteiger partial charge in [0, 0.05) is 34.7 Å². The SMILES string of the molecule is CSc1nccc(-c2cc(C(=O)O)cc(-c3ccnc([S+](C)[O-])n3)c2)n1. The molecule has 2 heterocycles. The minimum Gasteiger partial charge on any atom is -0.609 e. The molecule has 0 spiro atoms. The molecule has 132 valence electrons. The van der Waals surface area contributed by atoms with Crippen LogP contribution in [0.1, 0.15) is 10.4 Å². The highest BCUT2D eigenvalue weighted by molar-refractivity contribution is 7.98. The lowest BCUT2D eigenvalue weighted by Gasteiger charge is -2.09. The summed E-state index contributed by atoms with van der Waals surface area (Å²) in [7, 11) is 0. The van der Waals surface area contributed by atoms with Gasteiger partial charge in [-0.2, -0.15) is 9.97 Å². The number of carboxylic acid groups (broad SMARTS) is 1. The van der Waals surface area contributed by atoms with E-state index in [2.05, 4.69) is 19.9 Å². The summed E-state index contributed by atoms with van der Waals surface area (Å²) in [6.07, 6.45) is 6.49. The van der Waals surface area contributed by atoms with Crippen LogP contribution in [0.4, 0.5) is 0 Å². The van der Waals surface area contributed by atoms with E-state index in [1.807, 2.05) is 6.26 Å². The van der Waals surface area contributed by atoms with Gasteiger partial charge in [-0.05, 0) is 36.6 Å². The highest BCUT2D eigenvalue weighted by Crippen LogP contribution is 2.27. The van der Waals surface area contributed by atoms with Crippen LogP contribution in [-0.2, 0) is 11.2 Å². The minimum absolute atomic E-state index is 0.111. The van der Waals surface area contributed by atoms with Gasteiger partial charge in [0.05, 0.1) is 17.0 Å². The molecule has 0 radical (unpaired) electrons. The van der Waals surface area contributed by atoms with E-state index < -0.39 is 17.1 Å².